The molecule has 0 amide bonds. The molecule has 0 atom stereocenters. The van der Waals surface area contributed by atoms with Crippen LogP contribution in [0.15, 0.2) is 18.6 Å². The Morgan fingerprint density at radius 3 is 2.61 bits per heavy atom. The zero-order valence-corrected chi connectivity index (χ0v) is 9.57. The van der Waals surface area contributed by atoms with Crippen molar-refractivity contribution in [2.24, 2.45) is 7.05 Å². The summed E-state index contributed by atoms with van der Waals surface area (Å²) < 4.78 is 1.55. The van der Waals surface area contributed by atoms with Crippen LogP contribution in [-0.2, 0) is 13.6 Å². The van der Waals surface area contributed by atoms with E-state index >= 15 is 0 Å². The van der Waals surface area contributed by atoms with Crippen LogP contribution in [0.1, 0.15) is 5.56 Å². The SMILES string of the molecule is Cn1ncc(CNc2ncc([N+](=O)[O-])cn2)c1N. The Labute approximate surface area is 102 Å². The number of hydrogen-bond acceptors (Lipinski definition) is 7. The van der Waals surface area contributed by atoms with Crippen molar-refractivity contribution in [3.8, 4) is 0 Å². The number of nitrogens with two attached hydrogens (primary N) is 1. The molecule has 0 saturated heterocycles. The number of anilines is 2. The second-order valence-electron chi connectivity index (χ2n) is 3.55. The molecule has 9 heteroatoms. The van der Waals surface area contributed by atoms with Gasteiger partial charge in [0.2, 0.25) is 5.95 Å². The number of hydrogen-bond donors (Lipinski definition) is 2. The molecule has 18 heavy (non-hydrogen) atoms. The van der Waals surface area contributed by atoms with E-state index in [2.05, 4.69) is 20.4 Å². The van der Waals surface area contributed by atoms with Crippen LogP contribution >= 0.6 is 0 Å². The van der Waals surface area contributed by atoms with Crippen molar-refractivity contribution in [2.45, 2.75) is 6.54 Å². The van der Waals surface area contributed by atoms with Crippen molar-refractivity contribution in [1.29, 1.82) is 0 Å². The number of nitro groups is 1. The van der Waals surface area contributed by atoms with E-state index in [4.69, 9.17) is 5.73 Å². The molecule has 0 unspecified atom stereocenters. The highest BCUT2D eigenvalue weighted by molar-refractivity contribution is 5.41. The molecular formula is C9H11N7O2. The summed E-state index contributed by atoms with van der Waals surface area (Å²) in [6.45, 7) is 0.400. The van der Waals surface area contributed by atoms with E-state index in [-0.39, 0.29) is 5.69 Å². The van der Waals surface area contributed by atoms with E-state index in [1.165, 1.54) is 0 Å². The second-order valence-corrected chi connectivity index (χ2v) is 3.55. The Morgan fingerprint density at radius 1 is 1.44 bits per heavy atom. The van der Waals surface area contributed by atoms with E-state index in [1.54, 1.807) is 17.9 Å². The highest BCUT2D eigenvalue weighted by Gasteiger charge is 2.08. The van der Waals surface area contributed by atoms with Gasteiger partial charge in [0.15, 0.2) is 0 Å². The third kappa shape index (κ3) is 2.34. The lowest BCUT2D eigenvalue weighted by Gasteiger charge is -2.03. The van der Waals surface area contributed by atoms with Gasteiger partial charge in [0.1, 0.15) is 18.2 Å². The molecule has 9 nitrogen and oxygen atoms in total. The standard InChI is InChI=1S/C9H11N7O2/c1-15-8(10)6(3-14-15)2-11-9-12-4-7(5-13-9)16(17)18/h3-5H,2,10H2,1H3,(H,11,12,13). The summed E-state index contributed by atoms with van der Waals surface area (Å²) in [5, 5.41) is 17.3. The normalized spacial score (nSPS) is 10.3. The predicted molar refractivity (Wildman–Crippen MR) is 63.6 cm³/mol. The van der Waals surface area contributed by atoms with Gasteiger partial charge in [0.25, 0.3) is 0 Å². The first-order valence-electron chi connectivity index (χ1n) is 5.04. The molecule has 0 aliphatic rings. The van der Waals surface area contributed by atoms with Crippen LogP contribution in [0.4, 0.5) is 17.5 Å². The lowest BCUT2D eigenvalue weighted by atomic mass is 10.3. The third-order valence-corrected chi connectivity index (χ3v) is 2.35. The smallest absolute Gasteiger partial charge is 0.305 e. The topological polar surface area (TPSA) is 125 Å². The molecule has 0 aliphatic carbocycles. The maximum atomic E-state index is 10.4. The van der Waals surface area contributed by atoms with Crippen LogP contribution in [-0.4, -0.2) is 24.7 Å². The molecule has 0 aromatic carbocycles. The first-order valence-corrected chi connectivity index (χ1v) is 5.04. The van der Waals surface area contributed by atoms with Crippen LogP contribution in [0.2, 0.25) is 0 Å². The van der Waals surface area contributed by atoms with E-state index in [9.17, 15) is 10.1 Å². The molecule has 2 rings (SSSR count). The Morgan fingerprint density at radius 2 is 2.11 bits per heavy atom. The van der Waals surface area contributed by atoms with Crippen LogP contribution in [0, 0.1) is 10.1 Å². The van der Waals surface area contributed by atoms with Gasteiger partial charge >= 0.3 is 5.69 Å². The number of nitrogen functional groups attached to an aromatic ring is 1. The summed E-state index contributed by atoms with van der Waals surface area (Å²) in [7, 11) is 1.74. The largest absolute Gasteiger partial charge is 0.384 e. The molecule has 2 heterocycles. The van der Waals surface area contributed by atoms with E-state index in [0.717, 1.165) is 18.0 Å². The summed E-state index contributed by atoms with van der Waals surface area (Å²) in [4.78, 5) is 17.5. The number of rotatable bonds is 4. The van der Waals surface area contributed by atoms with E-state index in [1.807, 2.05) is 0 Å². The van der Waals surface area contributed by atoms with E-state index in [0.29, 0.717) is 18.3 Å². The molecule has 0 saturated carbocycles. The van der Waals surface area contributed by atoms with Crippen LogP contribution < -0.4 is 11.1 Å². The fraction of sp³-hybridized carbons (Fsp3) is 0.222. The van der Waals surface area contributed by atoms with Crippen molar-refractivity contribution in [3.05, 3.63) is 34.3 Å². The minimum atomic E-state index is -0.553. The fourth-order valence-corrected chi connectivity index (χ4v) is 1.31. The van der Waals surface area contributed by atoms with Gasteiger partial charge in [-0.1, -0.05) is 0 Å². The van der Waals surface area contributed by atoms with Crippen LogP contribution in [0.25, 0.3) is 0 Å². The first-order chi connectivity index (χ1) is 8.58. The minimum absolute atomic E-state index is 0.151. The highest BCUT2D eigenvalue weighted by Crippen LogP contribution is 2.12. The molecule has 0 aliphatic heterocycles. The maximum absolute atomic E-state index is 10.4. The average molecular weight is 249 g/mol. The Hall–Kier alpha value is -2.71. The third-order valence-electron chi connectivity index (χ3n) is 2.35. The summed E-state index contributed by atoms with van der Waals surface area (Å²) in [5.41, 5.74) is 6.41. The zero-order chi connectivity index (χ0) is 13.1. The quantitative estimate of drug-likeness (QED) is 0.590. The van der Waals surface area contributed by atoms with Crippen LogP contribution in [0.3, 0.4) is 0 Å². The zero-order valence-electron chi connectivity index (χ0n) is 9.57. The average Bonchev–Trinajstić information content (AvgIpc) is 2.68. The van der Waals surface area contributed by atoms with Crippen LogP contribution in [0.5, 0.6) is 0 Å². The molecular weight excluding hydrogens is 238 g/mol. The summed E-state index contributed by atoms with van der Waals surface area (Å²) in [6, 6.07) is 0. The van der Waals surface area contributed by atoms with Gasteiger partial charge in [0.05, 0.1) is 11.1 Å². The van der Waals surface area contributed by atoms with Gasteiger partial charge in [-0.25, -0.2) is 9.97 Å². The molecule has 3 N–H and O–H groups in total. The molecule has 0 radical (unpaired) electrons. The van der Waals surface area contributed by atoms with Gasteiger partial charge in [-0.3, -0.25) is 14.8 Å². The highest BCUT2D eigenvalue weighted by atomic mass is 16.6. The maximum Gasteiger partial charge on any atom is 0.305 e. The second kappa shape index (κ2) is 4.65. The van der Waals surface area contributed by atoms with Gasteiger partial charge in [0, 0.05) is 19.2 Å². The van der Waals surface area contributed by atoms with Gasteiger partial charge in [-0.05, 0) is 0 Å². The molecule has 0 spiro atoms. The van der Waals surface area contributed by atoms with E-state index < -0.39 is 4.92 Å². The molecule has 94 valence electrons. The van der Waals surface area contributed by atoms with Crippen molar-refractivity contribution in [3.63, 3.8) is 0 Å². The lowest BCUT2D eigenvalue weighted by Crippen LogP contribution is -2.06. The molecule has 0 fully saturated rings. The summed E-state index contributed by atoms with van der Waals surface area (Å²) in [6.07, 6.45) is 3.91. The number of nitrogens with zero attached hydrogens (tertiary/aromatic N) is 5. The van der Waals surface area contributed by atoms with Gasteiger partial charge in [-0.2, -0.15) is 5.10 Å². The Kier molecular flexibility index (Phi) is 3.04. The molecule has 2 aromatic heterocycles. The lowest BCUT2D eigenvalue weighted by molar-refractivity contribution is -0.385. The number of aryl methyl sites for hydroxylation is 1. The van der Waals surface area contributed by atoms with Crippen molar-refractivity contribution in [2.75, 3.05) is 11.1 Å². The minimum Gasteiger partial charge on any atom is -0.384 e. The summed E-state index contributed by atoms with van der Waals surface area (Å²) in [5.74, 6) is 0.841. The van der Waals surface area contributed by atoms with Crippen molar-refractivity contribution >= 4 is 17.5 Å². The number of aromatic nitrogens is 4. The Balaban J connectivity index is 2.02. The van der Waals surface area contributed by atoms with Crippen molar-refractivity contribution < 1.29 is 4.92 Å². The monoisotopic (exact) mass is 249 g/mol. The molecule has 2 aromatic rings. The number of nitrogens with one attached hydrogen (secondary N) is 1. The Bertz CT molecular complexity index is 563. The van der Waals surface area contributed by atoms with Gasteiger partial charge < -0.3 is 11.1 Å². The fourth-order valence-electron chi connectivity index (χ4n) is 1.31. The first kappa shape index (κ1) is 11.8. The van der Waals surface area contributed by atoms with Gasteiger partial charge in [-0.15, -0.1) is 0 Å². The summed E-state index contributed by atoms with van der Waals surface area (Å²) >= 11 is 0. The predicted octanol–water partition coefficient (Wildman–Crippen LogP) is 0.313. The molecule has 0 bridgehead atoms. The van der Waals surface area contributed by atoms with Crippen molar-refractivity contribution in [1.82, 2.24) is 19.7 Å².